The van der Waals surface area contributed by atoms with Crippen molar-refractivity contribution in [3.63, 3.8) is 0 Å². The molecule has 0 aliphatic carbocycles. The Morgan fingerprint density at radius 1 is 1.78 bits per heavy atom. The second-order valence-electron chi connectivity index (χ2n) is 1.57. The predicted molar refractivity (Wildman–Crippen MR) is 31.2 cm³/mol. The average Bonchev–Trinajstić information content (AvgIpc) is 1.89. The maximum absolute atomic E-state index is 10.6. The molecule has 0 bridgehead atoms. The van der Waals surface area contributed by atoms with Crippen molar-refractivity contribution in [2.75, 3.05) is 6.54 Å². The molecule has 0 fully saturated rings. The van der Waals surface area contributed by atoms with Crippen LogP contribution in [0.2, 0.25) is 0 Å². The van der Waals surface area contributed by atoms with Gasteiger partial charge in [0.25, 0.3) is 5.91 Å². The molecule has 1 atom stereocenters. The van der Waals surface area contributed by atoms with E-state index in [9.17, 15) is 4.79 Å². The van der Waals surface area contributed by atoms with Crippen LogP contribution in [0.15, 0.2) is 15.2 Å². The van der Waals surface area contributed by atoms with E-state index in [-0.39, 0.29) is 12.5 Å². The van der Waals surface area contributed by atoms with E-state index in [4.69, 9.17) is 5.73 Å². The van der Waals surface area contributed by atoms with Crippen molar-refractivity contribution in [1.29, 1.82) is 0 Å². The number of hydrogen-bond donors (Lipinski definition) is 1. The molecular formula is C4H6N4O. The van der Waals surface area contributed by atoms with Crippen molar-refractivity contribution in [3.05, 3.63) is 0 Å². The fourth-order valence-electron chi connectivity index (χ4n) is 0.476. The molecule has 1 unspecified atom stereocenters. The van der Waals surface area contributed by atoms with Gasteiger partial charge in [0.2, 0.25) is 0 Å². The summed E-state index contributed by atoms with van der Waals surface area (Å²) in [5.74, 6) is -0.312. The summed E-state index contributed by atoms with van der Waals surface area (Å²) in [5.41, 5.74) is 5.15. The van der Waals surface area contributed by atoms with Crippen LogP contribution in [0.25, 0.3) is 0 Å². The van der Waals surface area contributed by atoms with E-state index in [2.05, 4.69) is 15.2 Å². The molecule has 0 spiro atoms. The number of carbonyl (C=O) groups is 1. The molecule has 1 heterocycles. The van der Waals surface area contributed by atoms with Crippen LogP contribution in [0, 0.1) is 0 Å². The summed E-state index contributed by atoms with van der Waals surface area (Å²) < 4.78 is 0. The summed E-state index contributed by atoms with van der Waals surface area (Å²) in [6.45, 7) is 0.180. The Balaban J connectivity index is 2.66. The zero-order valence-corrected chi connectivity index (χ0v) is 4.69. The average molecular weight is 126 g/mol. The third-order valence-corrected chi connectivity index (χ3v) is 0.951. The SMILES string of the molecule is NCC1N=NC=NC1=O. The van der Waals surface area contributed by atoms with Crippen molar-refractivity contribution < 1.29 is 4.79 Å². The molecule has 0 saturated heterocycles. The Labute approximate surface area is 51.7 Å². The zero-order chi connectivity index (χ0) is 6.69. The lowest BCUT2D eigenvalue weighted by Crippen LogP contribution is -2.27. The number of nitrogens with zero attached hydrogens (tertiary/aromatic N) is 3. The van der Waals surface area contributed by atoms with E-state index in [1.165, 1.54) is 0 Å². The van der Waals surface area contributed by atoms with Crippen molar-refractivity contribution in [2.24, 2.45) is 21.0 Å². The Hall–Kier alpha value is -1.10. The minimum atomic E-state index is -0.546. The highest BCUT2D eigenvalue weighted by Gasteiger charge is 2.15. The van der Waals surface area contributed by atoms with Gasteiger partial charge in [-0.25, -0.2) is 0 Å². The summed E-state index contributed by atoms with van der Waals surface area (Å²) in [5, 5.41) is 6.94. The molecule has 0 saturated carbocycles. The summed E-state index contributed by atoms with van der Waals surface area (Å²) in [6.07, 6.45) is 1.12. The van der Waals surface area contributed by atoms with Gasteiger partial charge in [0.1, 0.15) is 6.34 Å². The summed E-state index contributed by atoms with van der Waals surface area (Å²) in [7, 11) is 0. The van der Waals surface area contributed by atoms with Crippen LogP contribution in [0.5, 0.6) is 0 Å². The highest BCUT2D eigenvalue weighted by molar-refractivity contribution is 5.90. The molecule has 2 N–H and O–H groups in total. The largest absolute Gasteiger partial charge is 0.328 e. The van der Waals surface area contributed by atoms with Crippen LogP contribution in [0.4, 0.5) is 0 Å². The smallest absolute Gasteiger partial charge is 0.275 e. The van der Waals surface area contributed by atoms with Gasteiger partial charge in [-0.1, -0.05) is 0 Å². The van der Waals surface area contributed by atoms with Gasteiger partial charge in [-0.2, -0.15) is 10.1 Å². The number of nitrogens with two attached hydrogens (primary N) is 1. The van der Waals surface area contributed by atoms with E-state index in [1.807, 2.05) is 0 Å². The lowest BCUT2D eigenvalue weighted by atomic mass is 10.3. The van der Waals surface area contributed by atoms with Gasteiger partial charge in [0.05, 0.1) is 0 Å². The van der Waals surface area contributed by atoms with Crippen LogP contribution in [-0.2, 0) is 4.79 Å². The molecule has 1 aliphatic rings. The molecule has 5 nitrogen and oxygen atoms in total. The summed E-state index contributed by atoms with van der Waals surface area (Å²) in [4.78, 5) is 14.0. The highest BCUT2D eigenvalue weighted by atomic mass is 16.1. The van der Waals surface area contributed by atoms with Crippen molar-refractivity contribution in [1.82, 2.24) is 0 Å². The molecule has 5 heteroatoms. The first kappa shape index (κ1) is 6.03. The molecule has 0 radical (unpaired) electrons. The first-order valence-electron chi connectivity index (χ1n) is 2.51. The molecule has 0 aromatic rings. The molecule has 9 heavy (non-hydrogen) atoms. The number of amides is 1. The van der Waals surface area contributed by atoms with Crippen molar-refractivity contribution >= 4 is 12.2 Å². The van der Waals surface area contributed by atoms with E-state index in [1.54, 1.807) is 0 Å². The van der Waals surface area contributed by atoms with Crippen molar-refractivity contribution in [3.8, 4) is 0 Å². The standard InChI is InChI=1S/C4H6N4O/c5-1-3-4(9)6-2-7-8-3/h2-3H,1,5H2. The van der Waals surface area contributed by atoms with Crippen LogP contribution in [0.1, 0.15) is 0 Å². The van der Waals surface area contributed by atoms with Crippen LogP contribution < -0.4 is 5.73 Å². The fraction of sp³-hybridized carbons (Fsp3) is 0.500. The van der Waals surface area contributed by atoms with Gasteiger partial charge >= 0.3 is 0 Å². The van der Waals surface area contributed by atoms with E-state index < -0.39 is 6.04 Å². The van der Waals surface area contributed by atoms with E-state index >= 15 is 0 Å². The lowest BCUT2D eigenvalue weighted by molar-refractivity contribution is -0.118. The fourth-order valence-corrected chi connectivity index (χ4v) is 0.476. The molecule has 1 amide bonds. The van der Waals surface area contributed by atoms with Crippen LogP contribution in [0.3, 0.4) is 0 Å². The molecular weight excluding hydrogens is 120 g/mol. The first-order chi connectivity index (χ1) is 4.34. The quantitative estimate of drug-likeness (QED) is 0.505. The number of rotatable bonds is 1. The van der Waals surface area contributed by atoms with E-state index in [0.29, 0.717) is 0 Å². The number of carbonyl (C=O) groups excluding carboxylic acids is 1. The minimum Gasteiger partial charge on any atom is -0.328 e. The van der Waals surface area contributed by atoms with Gasteiger partial charge in [-0.15, -0.1) is 5.11 Å². The van der Waals surface area contributed by atoms with E-state index in [0.717, 1.165) is 6.34 Å². The first-order valence-corrected chi connectivity index (χ1v) is 2.51. The Kier molecular flexibility index (Phi) is 1.64. The van der Waals surface area contributed by atoms with Gasteiger partial charge < -0.3 is 5.73 Å². The Bertz CT molecular complexity index is 173. The normalized spacial score (nSPS) is 25.0. The maximum atomic E-state index is 10.6. The zero-order valence-electron chi connectivity index (χ0n) is 4.69. The Morgan fingerprint density at radius 2 is 2.56 bits per heavy atom. The number of azo groups is 1. The monoisotopic (exact) mass is 126 g/mol. The number of aliphatic imine (C=N–C) groups is 1. The van der Waals surface area contributed by atoms with Crippen LogP contribution >= 0.6 is 0 Å². The molecule has 1 aliphatic heterocycles. The summed E-state index contributed by atoms with van der Waals surface area (Å²) in [6, 6.07) is -0.546. The molecule has 48 valence electrons. The number of hydrogen-bond acceptors (Lipinski definition) is 4. The van der Waals surface area contributed by atoms with Gasteiger partial charge in [0.15, 0.2) is 6.04 Å². The van der Waals surface area contributed by atoms with Crippen LogP contribution in [-0.4, -0.2) is 24.8 Å². The highest BCUT2D eigenvalue weighted by Crippen LogP contribution is 1.96. The second-order valence-corrected chi connectivity index (χ2v) is 1.57. The van der Waals surface area contributed by atoms with Crippen molar-refractivity contribution in [2.45, 2.75) is 6.04 Å². The third kappa shape index (κ3) is 1.17. The minimum absolute atomic E-state index is 0.180. The Morgan fingerprint density at radius 3 is 3.00 bits per heavy atom. The second kappa shape index (κ2) is 2.45. The maximum Gasteiger partial charge on any atom is 0.275 e. The summed E-state index contributed by atoms with van der Waals surface area (Å²) >= 11 is 0. The molecule has 0 aromatic heterocycles. The van der Waals surface area contributed by atoms with Gasteiger partial charge in [0, 0.05) is 6.54 Å². The van der Waals surface area contributed by atoms with Gasteiger partial charge in [-0.05, 0) is 0 Å². The molecule has 0 aromatic carbocycles. The topological polar surface area (TPSA) is 80.2 Å². The van der Waals surface area contributed by atoms with Gasteiger partial charge in [-0.3, -0.25) is 4.79 Å². The third-order valence-electron chi connectivity index (χ3n) is 0.951. The lowest BCUT2D eigenvalue weighted by Gasteiger charge is -2.03. The predicted octanol–water partition coefficient (Wildman–Crippen LogP) is -0.666. The molecule has 1 rings (SSSR count).